The van der Waals surface area contributed by atoms with Gasteiger partial charge in [-0.2, -0.15) is 0 Å². The van der Waals surface area contributed by atoms with E-state index in [2.05, 4.69) is 50.0 Å². The van der Waals surface area contributed by atoms with Crippen LogP contribution >= 0.6 is 50.3 Å². The molecule has 0 aromatic carbocycles. The molecule has 0 aromatic rings. The summed E-state index contributed by atoms with van der Waals surface area (Å²) in [6.07, 6.45) is 2.20. The first-order valence-corrected chi connectivity index (χ1v) is 5.01. The number of thioether (sulfide) groups is 1. The molecule has 3 heteroatoms. The molecule has 0 saturated heterocycles. The monoisotopic (exact) mass is 290 g/mol. The predicted molar refractivity (Wildman–Crippen MR) is 47.3 cm³/mol. The molecule has 7 heavy (non-hydrogen) atoms. The maximum absolute atomic E-state index is 3.50. The second-order valence-electron chi connectivity index (χ2n) is 1.26. The summed E-state index contributed by atoms with van der Waals surface area (Å²) in [5.74, 6) is 0. The average molecular weight is 291 g/mol. The lowest BCUT2D eigenvalue weighted by Gasteiger charge is -1.99. The molecular formula is C4H4BrIS. The van der Waals surface area contributed by atoms with Gasteiger partial charge >= 0.3 is 0 Å². The van der Waals surface area contributed by atoms with E-state index in [4.69, 9.17) is 0 Å². The van der Waals surface area contributed by atoms with Crippen molar-refractivity contribution in [3.05, 3.63) is 11.5 Å². The second kappa shape index (κ2) is 2.73. The molecule has 0 radical (unpaired) electrons. The van der Waals surface area contributed by atoms with Gasteiger partial charge in [0.1, 0.15) is 0 Å². The first-order valence-electron chi connectivity index (χ1n) is 1.91. The molecule has 2 unspecified atom stereocenters. The van der Waals surface area contributed by atoms with Crippen LogP contribution in [0, 0.1) is 0 Å². The molecule has 1 aliphatic rings. The van der Waals surface area contributed by atoms with Crippen LogP contribution in [-0.4, -0.2) is 8.08 Å². The summed E-state index contributed by atoms with van der Waals surface area (Å²) < 4.78 is 1.30. The van der Waals surface area contributed by atoms with Gasteiger partial charge in [0.2, 0.25) is 0 Å². The van der Waals surface area contributed by atoms with Crippen LogP contribution in [0.25, 0.3) is 0 Å². The number of hydrogen-bond acceptors (Lipinski definition) is 1. The molecule has 1 heterocycles. The van der Waals surface area contributed by atoms with Crippen LogP contribution < -0.4 is 0 Å². The summed E-state index contributed by atoms with van der Waals surface area (Å²) in [7, 11) is 0. The van der Waals surface area contributed by atoms with E-state index >= 15 is 0 Å². The Labute approximate surface area is 69.4 Å². The normalized spacial score (nSPS) is 39.7. The average Bonchev–Trinajstić information content (AvgIpc) is 1.91. The van der Waals surface area contributed by atoms with Crippen LogP contribution in [0.15, 0.2) is 11.5 Å². The van der Waals surface area contributed by atoms with Crippen molar-refractivity contribution in [3.63, 3.8) is 0 Å². The number of alkyl halides is 2. The fourth-order valence-electron chi connectivity index (χ4n) is 0.358. The van der Waals surface area contributed by atoms with E-state index < -0.39 is 0 Å². The van der Waals surface area contributed by atoms with Crippen molar-refractivity contribution in [1.29, 1.82) is 0 Å². The molecule has 0 bridgehead atoms. The van der Waals surface area contributed by atoms with E-state index in [1.807, 2.05) is 11.8 Å². The molecule has 0 aromatic heterocycles. The van der Waals surface area contributed by atoms with E-state index in [9.17, 15) is 0 Å². The Morgan fingerprint density at radius 1 is 1.71 bits per heavy atom. The fraction of sp³-hybridized carbons (Fsp3) is 0.500. The van der Waals surface area contributed by atoms with Crippen LogP contribution in [0.1, 0.15) is 0 Å². The van der Waals surface area contributed by atoms with Gasteiger partial charge in [-0.05, 0) is 5.41 Å². The molecule has 0 N–H and O–H groups in total. The standard InChI is InChI=1S/C4H4BrIS/c5-4-3(6)1-2-7-4/h1-4H. The Morgan fingerprint density at radius 3 is 2.57 bits per heavy atom. The maximum atomic E-state index is 3.50. The number of halogens is 2. The van der Waals surface area contributed by atoms with Crippen molar-refractivity contribution in [3.8, 4) is 0 Å². The molecule has 40 valence electrons. The SMILES string of the molecule is BrC1SC=CC1I. The third-order valence-electron chi connectivity index (χ3n) is 0.721. The first-order chi connectivity index (χ1) is 3.30. The second-order valence-corrected chi connectivity index (χ2v) is 5.34. The van der Waals surface area contributed by atoms with Gasteiger partial charge in [-0.1, -0.05) is 44.6 Å². The largest absolute Gasteiger partial charge is 0.118 e. The highest BCUT2D eigenvalue weighted by Crippen LogP contribution is 2.33. The maximum Gasteiger partial charge on any atom is 0.0793 e. The summed E-state index contributed by atoms with van der Waals surface area (Å²) in [4.78, 5) is 0. The molecule has 0 spiro atoms. The van der Waals surface area contributed by atoms with E-state index in [-0.39, 0.29) is 0 Å². The van der Waals surface area contributed by atoms with E-state index in [0.717, 1.165) is 0 Å². The summed E-state index contributed by atoms with van der Waals surface area (Å²) in [6, 6.07) is 0. The first kappa shape index (κ1) is 6.42. The van der Waals surface area contributed by atoms with Crippen molar-refractivity contribution >= 4 is 50.3 Å². The van der Waals surface area contributed by atoms with E-state index in [1.165, 1.54) is 0 Å². The molecule has 0 saturated carbocycles. The molecule has 1 rings (SSSR count). The van der Waals surface area contributed by atoms with Gasteiger partial charge in [-0.3, -0.25) is 0 Å². The molecule has 0 aliphatic carbocycles. The van der Waals surface area contributed by atoms with Gasteiger partial charge < -0.3 is 0 Å². The smallest absolute Gasteiger partial charge is 0.0793 e. The Morgan fingerprint density at radius 2 is 2.43 bits per heavy atom. The highest BCUT2D eigenvalue weighted by molar-refractivity contribution is 14.1. The van der Waals surface area contributed by atoms with Crippen molar-refractivity contribution in [2.75, 3.05) is 0 Å². The topological polar surface area (TPSA) is 0 Å². The molecular weight excluding hydrogens is 287 g/mol. The minimum absolute atomic E-state index is 0.619. The lowest BCUT2D eigenvalue weighted by Crippen LogP contribution is -1.98. The van der Waals surface area contributed by atoms with Crippen LogP contribution in [0.3, 0.4) is 0 Å². The van der Waals surface area contributed by atoms with E-state index in [0.29, 0.717) is 8.08 Å². The van der Waals surface area contributed by atoms with Crippen LogP contribution in [-0.2, 0) is 0 Å². The van der Waals surface area contributed by atoms with Crippen LogP contribution in [0.5, 0.6) is 0 Å². The molecule has 2 atom stereocenters. The number of allylic oxidation sites excluding steroid dienone is 1. The summed E-state index contributed by atoms with van der Waals surface area (Å²) in [5.41, 5.74) is 0. The van der Waals surface area contributed by atoms with Crippen molar-refractivity contribution in [1.82, 2.24) is 0 Å². The summed E-state index contributed by atoms with van der Waals surface area (Å²) >= 11 is 7.73. The lowest BCUT2D eigenvalue weighted by molar-refractivity contribution is 1.30. The van der Waals surface area contributed by atoms with Crippen molar-refractivity contribution in [2.24, 2.45) is 0 Å². The van der Waals surface area contributed by atoms with Gasteiger partial charge in [-0.25, -0.2) is 0 Å². The Hall–Kier alpha value is 1.30. The van der Waals surface area contributed by atoms with Crippen LogP contribution in [0.2, 0.25) is 0 Å². The molecule has 1 aliphatic heterocycles. The van der Waals surface area contributed by atoms with Crippen LogP contribution in [0.4, 0.5) is 0 Å². The minimum atomic E-state index is 0.619. The Bertz CT molecular complexity index is 93.7. The minimum Gasteiger partial charge on any atom is -0.118 e. The third kappa shape index (κ3) is 1.61. The Kier molecular flexibility index (Phi) is 2.50. The summed E-state index contributed by atoms with van der Waals surface area (Å²) in [5, 5.41) is 2.14. The molecule has 0 fully saturated rings. The van der Waals surface area contributed by atoms with Gasteiger partial charge in [0, 0.05) is 0 Å². The molecule has 0 nitrogen and oxygen atoms in total. The number of hydrogen-bond donors (Lipinski definition) is 0. The number of rotatable bonds is 0. The fourth-order valence-corrected chi connectivity index (χ4v) is 2.56. The van der Waals surface area contributed by atoms with Crippen molar-refractivity contribution in [2.45, 2.75) is 8.08 Å². The highest BCUT2D eigenvalue weighted by Gasteiger charge is 2.15. The third-order valence-corrected chi connectivity index (χ3v) is 5.42. The zero-order valence-electron chi connectivity index (χ0n) is 3.47. The van der Waals surface area contributed by atoms with Gasteiger partial charge in [0.15, 0.2) is 0 Å². The quantitative estimate of drug-likeness (QED) is 0.488. The summed E-state index contributed by atoms with van der Waals surface area (Å²) in [6.45, 7) is 0. The van der Waals surface area contributed by atoms with Gasteiger partial charge in [0.05, 0.1) is 8.08 Å². The zero-order valence-corrected chi connectivity index (χ0v) is 8.03. The lowest BCUT2D eigenvalue weighted by atomic mass is 10.5. The van der Waals surface area contributed by atoms with Gasteiger partial charge in [0.25, 0.3) is 0 Å². The van der Waals surface area contributed by atoms with Gasteiger partial charge in [-0.15, -0.1) is 11.8 Å². The van der Waals surface area contributed by atoms with Crippen molar-refractivity contribution < 1.29 is 0 Å². The highest BCUT2D eigenvalue weighted by atomic mass is 127. The predicted octanol–water partition coefficient (Wildman–Crippen LogP) is 2.77. The van der Waals surface area contributed by atoms with E-state index in [1.54, 1.807) is 0 Å². The molecule has 0 amide bonds. The zero-order chi connectivity index (χ0) is 5.28. The Balaban J connectivity index is 2.45.